The Bertz CT molecular complexity index is 1010. The zero-order chi connectivity index (χ0) is 23.4. The molecule has 0 radical (unpaired) electrons. The summed E-state index contributed by atoms with van der Waals surface area (Å²) >= 11 is 0. The summed E-state index contributed by atoms with van der Waals surface area (Å²) in [6, 6.07) is 16.6. The van der Waals surface area contributed by atoms with Crippen molar-refractivity contribution in [3.63, 3.8) is 0 Å². The van der Waals surface area contributed by atoms with Gasteiger partial charge in [0.25, 0.3) is 0 Å². The van der Waals surface area contributed by atoms with Gasteiger partial charge in [-0.3, -0.25) is 9.59 Å². The molecule has 2 aliphatic heterocycles. The molecule has 1 fully saturated rings. The molecule has 2 aromatic carbocycles. The van der Waals surface area contributed by atoms with Gasteiger partial charge in [0.05, 0.1) is 24.7 Å². The summed E-state index contributed by atoms with van der Waals surface area (Å²) in [6.07, 6.45) is 0.443. The number of rotatable bonds is 7. The van der Waals surface area contributed by atoms with Gasteiger partial charge in [0.15, 0.2) is 0 Å². The predicted molar refractivity (Wildman–Crippen MR) is 124 cm³/mol. The lowest BCUT2D eigenvalue weighted by atomic mass is 9.95. The fraction of sp³-hybridized carbons (Fsp3) is 0.360. The SMILES string of the molecule is CC(C)c1ccc(C(NC(=O)C2CC(F)CN2C(=O)CC2=CNNN2)c2ccccc2)cc1. The summed E-state index contributed by atoms with van der Waals surface area (Å²) in [5, 5.41) is 3.08. The minimum atomic E-state index is -1.23. The number of hydrogen-bond acceptors (Lipinski definition) is 5. The van der Waals surface area contributed by atoms with Gasteiger partial charge in [-0.2, -0.15) is 5.53 Å². The van der Waals surface area contributed by atoms with Crippen LogP contribution in [0.5, 0.6) is 0 Å². The number of nitrogens with zero attached hydrogens (tertiary/aromatic N) is 1. The van der Waals surface area contributed by atoms with Crippen LogP contribution in [-0.2, 0) is 9.59 Å². The van der Waals surface area contributed by atoms with Crippen molar-refractivity contribution in [3.8, 4) is 0 Å². The number of hydrogen-bond donors (Lipinski definition) is 4. The first kappa shape index (κ1) is 22.8. The van der Waals surface area contributed by atoms with Crippen LogP contribution in [0.15, 0.2) is 66.5 Å². The first-order chi connectivity index (χ1) is 15.9. The molecule has 33 heavy (non-hydrogen) atoms. The quantitative estimate of drug-likeness (QED) is 0.520. The molecule has 2 amide bonds. The van der Waals surface area contributed by atoms with Crippen LogP contribution in [-0.4, -0.2) is 35.5 Å². The molecule has 2 heterocycles. The van der Waals surface area contributed by atoms with Gasteiger partial charge in [-0.05, 0) is 22.6 Å². The first-order valence-electron chi connectivity index (χ1n) is 11.3. The zero-order valence-corrected chi connectivity index (χ0v) is 18.8. The van der Waals surface area contributed by atoms with Crippen molar-refractivity contribution in [3.05, 3.63) is 83.2 Å². The van der Waals surface area contributed by atoms with Crippen molar-refractivity contribution in [2.24, 2.45) is 0 Å². The molecule has 0 spiro atoms. The van der Waals surface area contributed by atoms with Gasteiger partial charge in [-0.1, -0.05) is 68.4 Å². The number of hydrazine groups is 2. The van der Waals surface area contributed by atoms with Crippen LogP contribution in [0, 0.1) is 0 Å². The van der Waals surface area contributed by atoms with Crippen molar-refractivity contribution < 1.29 is 14.0 Å². The Morgan fingerprint density at radius 3 is 2.36 bits per heavy atom. The number of carbonyl (C=O) groups is 2. The van der Waals surface area contributed by atoms with Crippen molar-refractivity contribution in [2.45, 2.75) is 50.9 Å². The Morgan fingerprint density at radius 2 is 1.73 bits per heavy atom. The lowest BCUT2D eigenvalue weighted by Crippen LogP contribution is -2.47. The van der Waals surface area contributed by atoms with Crippen molar-refractivity contribution in [1.82, 2.24) is 26.6 Å². The maximum atomic E-state index is 14.3. The van der Waals surface area contributed by atoms with E-state index in [1.807, 2.05) is 42.5 Å². The maximum Gasteiger partial charge on any atom is 0.243 e. The summed E-state index contributed by atoms with van der Waals surface area (Å²) < 4.78 is 14.3. The minimum absolute atomic E-state index is 0.00561. The van der Waals surface area contributed by atoms with E-state index in [4.69, 9.17) is 0 Å². The standard InChI is InChI=1S/C25H30FN5O2/c1-16(2)17-8-10-19(11-9-17)24(18-6-4-3-5-7-18)28-25(33)22-12-20(26)15-31(22)23(32)13-21-14-27-30-29-21/h3-11,14,16,20,22,24,27,29-30H,12-13,15H2,1-2H3,(H,28,33). The van der Waals surface area contributed by atoms with Gasteiger partial charge in [0.2, 0.25) is 11.8 Å². The fourth-order valence-electron chi connectivity index (χ4n) is 4.26. The molecule has 2 aromatic rings. The second-order valence-corrected chi connectivity index (χ2v) is 8.81. The third kappa shape index (κ3) is 5.34. The van der Waals surface area contributed by atoms with Crippen LogP contribution < -0.4 is 21.7 Å². The molecule has 2 aliphatic rings. The van der Waals surface area contributed by atoms with Gasteiger partial charge in [0, 0.05) is 12.6 Å². The third-order valence-electron chi connectivity index (χ3n) is 6.11. The third-order valence-corrected chi connectivity index (χ3v) is 6.11. The van der Waals surface area contributed by atoms with Crippen molar-refractivity contribution in [1.29, 1.82) is 0 Å². The summed E-state index contributed by atoms with van der Waals surface area (Å²) in [5.74, 6) is -0.245. The highest BCUT2D eigenvalue weighted by atomic mass is 19.1. The van der Waals surface area contributed by atoms with E-state index in [1.165, 1.54) is 10.5 Å². The Hall–Kier alpha value is -3.39. The van der Waals surface area contributed by atoms with Crippen LogP contribution in [0.2, 0.25) is 0 Å². The average molecular weight is 452 g/mol. The molecule has 3 atom stereocenters. The van der Waals surface area contributed by atoms with Crippen LogP contribution in [0.25, 0.3) is 0 Å². The molecule has 0 aliphatic carbocycles. The first-order valence-corrected chi connectivity index (χ1v) is 11.3. The normalized spacial score (nSPS) is 20.7. The van der Waals surface area contributed by atoms with Gasteiger partial charge < -0.3 is 21.1 Å². The van der Waals surface area contributed by atoms with Crippen LogP contribution in [0.1, 0.15) is 55.3 Å². The van der Waals surface area contributed by atoms with Gasteiger partial charge in [-0.15, -0.1) is 0 Å². The predicted octanol–water partition coefficient (Wildman–Crippen LogP) is 2.80. The van der Waals surface area contributed by atoms with Crippen molar-refractivity contribution >= 4 is 11.8 Å². The number of halogens is 1. The number of amides is 2. The minimum Gasteiger partial charge on any atom is -0.343 e. The summed E-state index contributed by atoms with van der Waals surface area (Å²) in [7, 11) is 0. The fourth-order valence-corrected chi connectivity index (χ4v) is 4.26. The maximum absolute atomic E-state index is 14.3. The number of nitrogens with one attached hydrogen (secondary N) is 4. The van der Waals surface area contributed by atoms with Gasteiger partial charge in [0.1, 0.15) is 12.2 Å². The Labute approximate surface area is 193 Å². The second-order valence-electron chi connectivity index (χ2n) is 8.81. The smallest absolute Gasteiger partial charge is 0.243 e. The molecule has 174 valence electrons. The van der Waals surface area contributed by atoms with Crippen LogP contribution >= 0.6 is 0 Å². The summed E-state index contributed by atoms with van der Waals surface area (Å²) in [4.78, 5) is 27.5. The van der Waals surface area contributed by atoms with Gasteiger partial charge in [-0.25, -0.2) is 4.39 Å². The Kier molecular flexibility index (Phi) is 6.93. The van der Waals surface area contributed by atoms with E-state index >= 15 is 0 Å². The van der Waals surface area contributed by atoms with E-state index in [2.05, 4.69) is 47.7 Å². The summed E-state index contributed by atoms with van der Waals surface area (Å²) in [5.41, 5.74) is 11.9. The highest BCUT2D eigenvalue weighted by Crippen LogP contribution is 2.27. The number of carbonyl (C=O) groups excluding carboxylic acids is 2. The van der Waals surface area contributed by atoms with Crippen molar-refractivity contribution in [2.75, 3.05) is 6.54 Å². The monoisotopic (exact) mass is 451 g/mol. The molecule has 8 heteroatoms. The van der Waals surface area contributed by atoms with E-state index in [9.17, 15) is 14.0 Å². The lowest BCUT2D eigenvalue weighted by molar-refractivity contribution is -0.138. The Balaban J connectivity index is 1.54. The molecular weight excluding hydrogens is 421 g/mol. The molecule has 0 saturated carbocycles. The zero-order valence-electron chi connectivity index (χ0n) is 18.8. The average Bonchev–Trinajstić information content (AvgIpc) is 3.47. The molecule has 4 rings (SSSR count). The lowest BCUT2D eigenvalue weighted by Gasteiger charge is -2.27. The number of alkyl halides is 1. The van der Waals surface area contributed by atoms with E-state index in [1.54, 1.807) is 6.20 Å². The number of benzene rings is 2. The molecule has 7 nitrogen and oxygen atoms in total. The van der Waals surface area contributed by atoms with E-state index in [-0.39, 0.29) is 31.2 Å². The van der Waals surface area contributed by atoms with E-state index in [0.29, 0.717) is 11.6 Å². The molecule has 3 unspecified atom stereocenters. The van der Waals surface area contributed by atoms with Crippen LogP contribution in [0.4, 0.5) is 4.39 Å². The van der Waals surface area contributed by atoms with Crippen LogP contribution in [0.3, 0.4) is 0 Å². The molecule has 0 aromatic heterocycles. The molecular formula is C25H30FN5O2. The molecule has 0 bridgehead atoms. The highest BCUT2D eigenvalue weighted by Gasteiger charge is 2.40. The molecule has 1 saturated heterocycles. The second kappa shape index (κ2) is 10.0. The number of likely N-dealkylation sites (tertiary alicyclic amines) is 1. The van der Waals surface area contributed by atoms with E-state index < -0.39 is 18.3 Å². The van der Waals surface area contributed by atoms with Gasteiger partial charge >= 0.3 is 0 Å². The van der Waals surface area contributed by atoms with E-state index in [0.717, 1.165) is 11.1 Å². The molecule has 4 N–H and O–H groups in total. The summed E-state index contributed by atoms with van der Waals surface area (Å²) in [6.45, 7) is 4.19. The topological polar surface area (TPSA) is 85.5 Å². The largest absolute Gasteiger partial charge is 0.343 e. The Morgan fingerprint density at radius 1 is 1.06 bits per heavy atom. The highest BCUT2D eigenvalue weighted by molar-refractivity contribution is 5.89.